The fourth-order valence-corrected chi connectivity index (χ4v) is 2.36. The van der Waals surface area contributed by atoms with Gasteiger partial charge in [-0.1, -0.05) is 0 Å². The number of ether oxygens (including phenoxy) is 1. The molecule has 1 fully saturated rings. The molecule has 16 heavy (non-hydrogen) atoms. The summed E-state index contributed by atoms with van der Waals surface area (Å²) in [7, 11) is 1.97. The minimum Gasteiger partial charge on any atom is -0.375 e. The molecule has 1 aliphatic heterocycles. The quantitative estimate of drug-likeness (QED) is 0.834. The van der Waals surface area contributed by atoms with Crippen molar-refractivity contribution in [3.05, 3.63) is 11.8 Å². The fraction of sp³-hybridized carbons (Fsp3) is 0.750. The SMILES string of the molecule is Cc1cc(NC2CC(C)OC(C)C2)nn1C. The molecule has 4 heteroatoms. The maximum atomic E-state index is 5.72. The van der Waals surface area contributed by atoms with Gasteiger partial charge in [0.05, 0.1) is 12.2 Å². The summed E-state index contributed by atoms with van der Waals surface area (Å²) in [5.74, 6) is 0.978. The second kappa shape index (κ2) is 4.45. The van der Waals surface area contributed by atoms with Gasteiger partial charge in [0.1, 0.15) is 5.82 Å². The van der Waals surface area contributed by atoms with Crippen molar-refractivity contribution in [3.8, 4) is 0 Å². The Hall–Kier alpha value is -1.03. The smallest absolute Gasteiger partial charge is 0.148 e. The lowest BCUT2D eigenvalue weighted by Gasteiger charge is -2.32. The van der Waals surface area contributed by atoms with E-state index >= 15 is 0 Å². The molecule has 0 radical (unpaired) electrons. The summed E-state index contributed by atoms with van der Waals surface area (Å²) in [6.07, 6.45) is 2.79. The molecule has 0 amide bonds. The van der Waals surface area contributed by atoms with E-state index in [1.54, 1.807) is 0 Å². The number of nitrogens with one attached hydrogen (secondary N) is 1. The highest BCUT2D eigenvalue weighted by Gasteiger charge is 2.24. The minimum absolute atomic E-state index is 0.339. The molecule has 1 saturated heterocycles. The van der Waals surface area contributed by atoms with Crippen LogP contribution in [0.2, 0.25) is 0 Å². The van der Waals surface area contributed by atoms with E-state index in [0.717, 1.165) is 18.7 Å². The van der Waals surface area contributed by atoms with Crippen LogP contribution >= 0.6 is 0 Å². The monoisotopic (exact) mass is 223 g/mol. The maximum Gasteiger partial charge on any atom is 0.148 e. The lowest BCUT2D eigenvalue weighted by molar-refractivity contribution is -0.0338. The predicted molar refractivity (Wildman–Crippen MR) is 64.6 cm³/mol. The van der Waals surface area contributed by atoms with Crippen molar-refractivity contribution in [3.63, 3.8) is 0 Å². The first-order valence-electron chi connectivity index (χ1n) is 5.97. The van der Waals surface area contributed by atoms with Gasteiger partial charge in [0, 0.05) is 24.8 Å². The molecule has 2 heterocycles. The number of hydrogen-bond donors (Lipinski definition) is 1. The maximum absolute atomic E-state index is 5.72. The standard InChI is InChI=1S/C12H21N3O/c1-8-5-12(14-15(8)4)13-11-6-9(2)16-10(3)7-11/h5,9-11H,6-7H2,1-4H3,(H,13,14). The molecule has 0 aliphatic carbocycles. The molecule has 1 N–H and O–H groups in total. The van der Waals surface area contributed by atoms with Crippen LogP contribution in [-0.2, 0) is 11.8 Å². The zero-order valence-corrected chi connectivity index (χ0v) is 10.5. The highest BCUT2D eigenvalue weighted by atomic mass is 16.5. The highest BCUT2D eigenvalue weighted by Crippen LogP contribution is 2.22. The highest BCUT2D eigenvalue weighted by molar-refractivity contribution is 5.36. The number of aromatic nitrogens is 2. The summed E-state index contributed by atoms with van der Waals surface area (Å²) >= 11 is 0. The molecule has 1 aromatic rings. The minimum atomic E-state index is 0.339. The first-order valence-corrected chi connectivity index (χ1v) is 5.97. The molecular formula is C12H21N3O. The van der Waals surface area contributed by atoms with Crippen molar-refractivity contribution >= 4 is 5.82 Å². The van der Waals surface area contributed by atoms with Gasteiger partial charge in [0.25, 0.3) is 0 Å². The molecule has 1 aromatic heterocycles. The summed E-state index contributed by atoms with van der Waals surface area (Å²) in [5.41, 5.74) is 1.18. The van der Waals surface area contributed by atoms with Crippen LogP contribution in [0, 0.1) is 6.92 Å². The van der Waals surface area contributed by atoms with Crippen LogP contribution in [0.5, 0.6) is 0 Å². The zero-order chi connectivity index (χ0) is 11.7. The lowest BCUT2D eigenvalue weighted by atomic mass is 10.00. The Morgan fingerprint density at radius 1 is 1.38 bits per heavy atom. The van der Waals surface area contributed by atoms with Gasteiger partial charge in [-0.3, -0.25) is 4.68 Å². The van der Waals surface area contributed by atoms with E-state index in [4.69, 9.17) is 4.74 Å². The van der Waals surface area contributed by atoms with E-state index in [0.29, 0.717) is 18.2 Å². The molecule has 0 spiro atoms. The van der Waals surface area contributed by atoms with Crippen LogP contribution in [0.15, 0.2) is 6.07 Å². The van der Waals surface area contributed by atoms with Crippen LogP contribution in [0.4, 0.5) is 5.82 Å². The summed E-state index contributed by atoms with van der Waals surface area (Å²) in [4.78, 5) is 0. The largest absolute Gasteiger partial charge is 0.375 e. The number of anilines is 1. The topological polar surface area (TPSA) is 39.1 Å². The second-order valence-corrected chi connectivity index (χ2v) is 4.86. The number of aryl methyl sites for hydroxylation is 2. The first-order chi connectivity index (χ1) is 7.54. The van der Waals surface area contributed by atoms with E-state index in [2.05, 4.69) is 37.3 Å². The predicted octanol–water partition coefficient (Wildman–Crippen LogP) is 2.10. The molecule has 2 atom stereocenters. The molecule has 0 aromatic carbocycles. The van der Waals surface area contributed by atoms with E-state index in [9.17, 15) is 0 Å². The van der Waals surface area contributed by atoms with Crippen molar-refractivity contribution in [2.45, 2.75) is 51.9 Å². The molecule has 0 saturated carbocycles. The van der Waals surface area contributed by atoms with Crippen LogP contribution in [-0.4, -0.2) is 28.0 Å². The second-order valence-electron chi connectivity index (χ2n) is 4.86. The summed E-state index contributed by atoms with van der Waals surface area (Å²) in [5, 5.41) is 7.91. The summed E-state index contributed by atoms with van der Waals surface area (Å²) < 4.78 is 7.61. The molecular weight excluding hydrogens is 202 g/mol. The van der Waals surface area contributed by atoms with Crippen molar-refractivity contribution in [2.24, 2.45) is 7.05 Å². The summed E-state index contributed by atoms with van der Waals surface area (Å²) in [6, 6.07) is 2.57. The van der Waals surface area contributed by atoms with Gasteiger partial charge in [-0.05, 0) is 33.6 Å². The summed E-state index contributed by atoms with van der Waals surface area (Å²) in [6.45, 7) is 6.33. The van der Waals surface area contributed by atoms with E-state index in [1.165, 1.54) is 5.69 Å². The van der Waals surface area contributed by atoms with Gasteiger partial charge in [-0.15, -0.1) is 0 Å². The van der Waals surface area contributed by atoms with Gasteiger partial charge in [0.15, 0.2) is 0 Å². The van der Waals surface area contributed by atoms with Crippen LogP contribution in [0.1, 0.15) is 32.4 Å². The third-order valence-electron chi connectivity index (χ3n) is 3.16. The Labute approximate surface area is 97.0 Å². The number of hydrogen-bond acceptors (Lipinski definition) is 3. The van der Waals surface area contributed by atoms with Gasteiger partial charge < -0.3 is 10.1 Å². The van der Waals surface area contributed by atoms with E-state index < -0.39 is 0 Å². The average molecular weight is 223 g/mol. The molecule has 4 nitrogen and oxygen atoms in total. The van der Waals surface area contributed by atoms with E-state index in [1.807, 2.05) is 11.7 Å². The fourth-order valence-electron chi connectivity index (χ4n) is 2.36. The Balaban J connectivity index is 1.98. The molecule has 2 unspecified atom stereocenters. The Bertz CT molecular complexity index is 332. The van der Waals surface area contributed by atoms with Crippen molar-refractivity contribution in [1.82, 2.24) is 9.78 Å². The lowest BCUT2D eigenvalue weighted by Crippen LogP contribution is -2.37. The molecule has 2 rings (SSSR count). The third-order valence-corrected chi connectivity index (χ3v) is 3.16. The van der Waals surface area contributed by atoms with E-state index in [-0.39, 0.29) is 0 Å². The normalized spacial score (nSPS) is 30.4. The number of rotatable bonds is 2. The number of nitrogens with zero attached hydrogens (tertiary/aromatic N) is 2. The van der Waals surface area contributed by atoms with Crippen molar-refractivity contribution in [1.29, 1.82) is 0 Å². The Morgan fingerprint density at radius 3 is 2.50 bits per heavy atom. The Morgan fingerprint density at radius 2 is 2.00 bits per heavy atom. The van der Waals surface area contributed by atoms with Gasteiger partial charge >= 0.3 is 0 Å². The van der Waals surface area contributed by atoms with Gasteiger partial charge in [0.2, 0.25) is 0 Å². The third kappa shape index (κ3) is 2.55. The molecule has 90 valence electrons. The van der Waals surface area contributed by atoms with Crippen LogP contribution in [0.25, 0.3) is 0 Å². The molecule has 0 bridgehead atoms. The average Bonchev–Trinajstić information content (AvgIpc) is 2.43. The van der Waals surface area contributed by atoms with Crippen molar-refractivity contribution < 1.29 is 4.74 Å². The first kappa shape index (κ1) is 11.5. The van der Waals surface area contributed by atoms with Crippen LogP contribution in [0.3, 0.4) is 0 Å². The van der Waals surface area contributed by atoms with Crippen LogP contribution < -0.4 is 5.32 Å². The Kier molecular flexibility index (Phi) is 3.19. The van der Waals surface area contributed by atoms with Crippen molar-refractivity contribution in [2.75, 3.05) is 5.32 Å². The van der Waals surface area contributed by atoms with Gasteiger partial charge in [-0.25, -0.2) is 0 Å². The molecule has 1 aliphatic rings. The zero-order valence-electron chi connectivity index (χ0n) is 10.5. The van der Waals surface area contributed by atoms with Gasteiger partial charge in [-0.2, -0.15) is 5.10 Å².